The van der Waals surface area contributed by atoms with E-state index >= 15 is 0 Å². The van der Waals surface area contributed by atoms with Crippen LogP contribution in [0.5, 0.6) is 5.75 Å². The van der Waals surface area contributed by atoms with E-state index in [1.165, 1.54) is 32.3 Å². The van der Waals surface area contributed by atoms with Gasteiger partial charge in [0.1, 0.15) is 11.5 Å². The average Bonchev–Trinajstić information content (AvgIpc) is 2.97. The zero-order valence-corrected chi connectivity index (χ0v) is 24.6. The Bertz CT molecular complexity index is 1510. The normalized spacial score (nSPS) is 12.3. The average molecular weight is 538 g/mol. The number of hydrogen-bond acceptors (Lipinski definition) is 2. The number of aryl methyl sites for hydroxylation is 3. The second kappa shape index (κ2) is 12.1. The van der Waals surface area contributed by atoms with Crippen LogP contribution in [0.3, 0.4) is 0 Å². The summed E-state index contributed by atoms with van der Waals surface area (Å²) in [7, 11) is -2.80. The van der Waals surface area contributed by atoms with E-state index in [0.29, 0.717) is 0 Å². The van der Waals surface area contributed by atoms with Crippen LogP contribution in [0.15, 0.2) is 144 Å². The molecule has 198 valence electrons. The van der Waals surface area contributed by atoms with E-state index in [1.54, 1.807) is 0 Å². The molecule has 0 aliphatic rings. The predicted molar refractivity (Wildman–Crippen MR) is 173 cm³/mol. The minimum Gasteiger partial charge on any atom is -0.457 e. The van der Waals surface area contributed by atoms with Gasteiger partial charge in [-0.3, -0.25) is 0 Å². The molecule has 0 saturated heterocycles. The second-order valence-corrected chi connectivity index (χ2v) is 13.6. The van der Waals surface area contributed by atoms with Crippen LogP contribution in [-0.2, 0) is 0 Å². The summed E-state index contributed by atoms with van der Waals surface area (Å²) in [5, 5.41) is 3.73. The summed E-state index contributed by atoms with van der Waals surface area (Å²) in [6.07, 6.45) is 2.12. The monoisotopic (exact) mass is 537 g/mol. The van der Waals surface area contributed by atoms with Gasteiger partial charge in [0.2, 0.25) is 0 Å². The van der Waals surface area contributed by atoms with E-state index in [2.05, 4.69) is 137 Å². The van der Waals surface area contributed by atoms with E-state index < -0.39 is 8.24 Å². The number of benzene rings is 5. The standard InChI is InChI=1S/C37H35NOSi/c1-28-25-29(2)37(30(3)26-28)36(39-32-17-9-5-10-18-32)27-31(4)38-40(33-19-11-6-12-20-33,34-21-13-7-14-22-34)35-23-15-8-16-24-35/h5-27H,1-4H3/b36-27-,38-31+. The highest BCUT2D eigenvalue weighted by Crippen LogP contribution is 2.28. The summed E-state index contributed by atoms with van der Waals surface area (Å²) in [6, 6.07) is 46.7. The van der Waals surface area contributed by atoms with Crippen molar-refractivity contribution >= 4 is 35.3 Å². The van der Waals surface area contributed by atoms with Gasteiger partial charge in [0.25, 0.3) is 8.24 Å². The van der Waals surface area contributed by atoms with Crippen molar-refractivity contribution in [1.29, 1.82) is 0 Å². The van der Waals surface area contributed by atoms with Crippen LogP contribution < -0.4 is 20.3 Å². The molecule has 2 nitrogen and oxygen atoms in total. The van der Waals surface area contributed by atoms with Gasteiger partial charge in [-0.15, -0.1) is 0 Å². The maximum atomic E-state index is 6.60. The van der Waals surface area contributed by atoms with Gasteiger partial charge in [0.15, 0.2) is 0 Å². The smallest absolute Gasteiger partial charge is 0.273 e. The number of allylic oxidation sites excluding steroid dienone is 1. The molecule has 0 N–H and O–H groups in total. The maximum absolute atomic E-state index is 6.60. The van der Waals surface area contributed by atoms with E-state index in [1.807, 2.05) is 30.3 Å². The fraction of sp³-hybridized carbons (Fsp3) is 0.108. The first-order chi connectivity index (χ1) is 19.5. The highest BCUT2D eigenvalue weighted by molar-refractivity contribution is 7.10. The number of rotatable bonds is 8. The van der Waals surface area contributed by atoms with Gasteiger partial charge in [-0.2, -0.15) is 0 Å². The topological polar surface area (TPSA) is 21.6 Å². The lowest BCUT2D eigenvalue weighted by atomic mass is 9.97. The third kappa shape index (κ3) is 5.75. The molecule has 0 amide bonds. The minimum absolute atomic E-state index is 0.804. The summed E-state index contributed by atoms with van der Waals surface area (Å²) < 4.78 is 12.3. The van der Waals surface area contributed by atoms with E-state index in [4.69, 9.17) is 9.39 Å². The first-order valence-electron chi connectivity index (χ1n) is 13.7. The van der Waals surface area contributed by atoms with Crippen LogP contribution in [0, 0.1) is 20.8 Å². The summed E-state index contributed by atoms with van der Waals surface area (Å²) in [4.78, 5) is 0. The molecule has 5 aromatic carbocycles. The maximum Gasteiger partial charge on any atom is 0.273 e. The van der Waals surface area contributed by atoms with E-state index in [-0.39, 0.29) is 0 Å². The van der Waals surface area contributed by atoms with Gasteiger partial charge in [-0.05, 0) is 66.5 Å². The highest BCUT2D eigenvalue weighted by atomic mass is 28.3. The van der Waals surface area contributed by atoms with Crippen molar-refractivity contribution in [3.8, 4) is 5.75 Å². The highest BCUT2D eigenvalue weighted by Gasteiger charge is 2.40. The zero-order chi connectivity index (χ0) is 28.0. The van der Waals surface area contributed by atoms with Crippen molar-refractivity contribution in [2.75, 3.05) is 0 Å². The predicted octanol–water partition coefficient (Wildman–Crippen LogP) is 7.16. The van der Waals surface area contributed by atoms with Gasteiger partial charge in [-0.1, -0.05) is 127 Å². The Balaban J connectivity index is 1.76. The van der Waals surface area contributed by atoms with Crippen LogP contribution in [-0.4, -0.2) is 13.9 Å². The van der Waals surface area contributed by atoms with Crippen molar-refractivity contribution in [1.82, 2.24) is 0 Å². The molecule has 0 bridgehead atoms. The molecule has 0 radical (unpaired) electrons. The molecule has 0 heterocycles. The Hall–Kier alpha value is -4.47. The number of para-hydroxylation sites is 1. The van der Waals surface area contributed by atoms with Crippen molar-refractivity contribution in [2.45, 2.75) is 27.7 Å². The van der Waals surface area contributed by atoms with Crippen molar-refractivity contribution in [2.24, 2.45) is 4.66 Å². The number of hydrogen-bond donors (Lipinski definition) is 0. The summed E-state index contributed by atoms with van der Waals surface area (Å²) in [5.74, 6) is 1.61. The molecular weight excluding hydrogens is 502 g/mol. The largest absolute Gasteiger partial charge is 0.457 e. The van der Waals surface area contributed by atoms with Crippen LogP contribution in [0.2, 0.25) is 0 Å². The number of nitrogens with zero attached hydrogens (tertiary/aromatic N) is 1. The van der Waals surface area contributed by atoms with Gasteiger partial charge in [0, 0.05) is 17.4 Å². The molecular formula is C37H35NOSi. The van der Waals surface area contributed by atoms with Gasteiger partial charge >= 0.3 is 0 Å². The lowest BCUT2D eigenvalue weighted by Crippen LogP contribution is -2.66. The molecule has 0 fully saturated rings. The molecule has 5 aromatic rings. The molecule has 0 spiro atoms. The summed E-state index contributed by atoms with van der Waals surface area (Å²) in [6.45, 7) is 8.54. The Labute approximate surface area is 239 Å². The van der Waals surface area contributed by atoms with Crippen molar-refractivity contribution in [3.05, 3.63) is 162 Å². The fourth-order valence-corrected chi connectivity index (χ4v) is 9.56. The molecule has 0 atom stereocenters. The first kappa shape index (κ1) is 27.1. The van der Waals surface area contributed by atoms with E-state index in [9.17, 15) is 0 Å². The van der Waals surface area contributed by atoms with Gasteiger partial charge in [-0.25, -0.2) is 0 Å². The van der Waals surface area contributed by atoms with Crippen LogP contribution >= 0.6 is 0 Å². The molecule has 3 heteroatoms. The van der Waals surface area contributed by atoms with Gasteiger partial charge < -0.3 is 9.39 Å². The Morgan fingerprint density at radius 3 is 1.43 bits per heavy atom. The van der Waals surface area contributed by atoms with E-state index in [0.717, 1.165) is 22.8 Å². The lowest BCUT2D eigenvalue weighted by Gasteiger charge is -2.30. The SMILES string of the molecule is CC(/C=C(\Oc1ccccc1)c1c(C)cc(C)cc1C)=N\[Si](c1ccccc1)(c1ccccc1)c1ccccc1. The van der Waals surface area contributed by atoms with Gasteiger partial charge in [0.05, 0.1) is 0 Å². The molecule has 0 unspecified atom stereocenters. The minimum atomic E-state index is -2.80. The fourth-order valence-electron chi connectivity index (χ4n) is 5.56. The molecule has 0 aliphatic carbocycles. The Morgan fingerprint density at radius 1 is 0.600 bits per heavy atom. The molecule has 0 saturated carbocycles. The first-order valence-corrected chi connectivity index (χ1v) is 15.7. The second-order valence-electron chi connectivity index (χ2n) is 10.3. The summed E-state index contributed by atoms with van der Waals surface area (Å²) >= 11 is 0. The molecule has 5 rings (SSSR count). The number of ether oxygens (including phenoxy) is 1. The molecule has 0 aliphatic heterocycles. The summed E-state index contributed by atoms with van der Waals surface area (Å²) in [5.41, 5.74) is 5.64. The Kier molecular flexibility index (Phi) is 8.23. The Morgan fingerprint density at radius 2 is 1.00 bits per heavy atom. The third-order valence-corrected chi connectivity index (χ3v) is 11.3. The van der Waals surface area contributed by atoms with Crippen LogP contribution in [0.4, 0.5) is 0 Å². The zero-order valence-electron chi connectivity index (χ0n) is 23.6. The lowest BCUT2D eigenvalue weighted by molar-refractivity contribution is 0.514. The van der Waals surface area contributed by atoms with Crippen molar-refractivity contribution in [3.63, 3.8) is 0 Å². The molecule has 40 heavy (non-hydrogen) atoms. The molecule has 0 aromatic heterocycles. The van der Waals surface area contributed by atoms with Crippen LogP contribution in [0.1, 0.15) is 29.2 Å². The van der Waals surface area contributed by atoms with Crippen LogP contribution in [0.25, 0.3) is 5.76 Å². The van der Waals surface area contributed by atoms with Crippen molar-refractivity contribution < 1.29 is 4.74 Å². The third-order valence-electron chi connectivity index (χ3n) is 7.15. The quantitative estimate of drug-likeness (QED) is 0.0891.